The normalized spacial score (nSPS) is 10.5. The van der Waals surface area contributed by atoms with Crippen LogP contribution in [0.1, 0.15) is 29.2 Å². The Morgan fingerprint density at radius 2 is 1.52 bits per heavy atom. The van der Waals surface area contributed by atoms with E-state index in [-0.39, 0.29) is 0 Å². The van der Waals surface area contributed by atoms with Crippen molar-refractivity contribution >= 4 is 5.69 Å². The van der Waals surface area contributed by atoms with E-state index in [1.807, 2.05) is 12.1 Å². The molecule has 128 valence electrons. The van der Waals surface area contributed by atoms with Gasteiger partial charge in [0.05, 0.1) is 0 Å². The average molecular weight is 331 g/mol. The van der Waals surface area contributed by atoms with Crippen molar-refractivity contribution in [3.63, 3.8) is 0 Å². The Kier molecular flexibility index (Phi) is 5.73. The summed E-state index contributed by atoms with van der Waals surface area (Å²) in [6, 6.07) is 25.3. The van der Waals surface area contributed by atoms with Crippen LogP contribution >= 0.6 is 0 Å². The van der Waals surface area contributed by atoms with Crippen LogP contribution in [0.5, 0.6) is 5.75 Å². The molecule has 0 heterocycles. The summed E-state index contributed by atoms with van der Waals surface area (Å²) in [6.07, 6.45) is 1.07. The van der Waals surface area contributed by atoms with Crippen LogP contribution in [0.15, 0.2) is 72.8 Å². The van der Waals surface area contributed by atoms with Gasteiger partial charge in [0.25, 0.3) is 0 Å². The Balaban J connectivity index is 1.56. The van der Waals surface area contributed by atoms with Gasteiger partial charge in [-0.3, -0.25) is 0 Å². The zero-order valence-corrected chi connectivity index (χ0v) is 15.0. The van der Waals surface area contributed by atoms with Crippen molar-refractivity contribution in [2.24, 2.45) is 0 Å². The summed E-state index contributed by atoms with van der Waals surface area (Å²) in [7, 11) is 0. The van der Waals surface area contributed by atoms with E-state index < -0.39 is 0 Å². The Morgan fingerprint density at radius 1 is 0.800 bits per heavy atom. The van der Waals surface area contributed by atoms with Crippen LogP contribution in [-0.4, -0.2) is 0 Å². The fourth-order valence-corrected chi connectivity index (χ4v) is 2.66. The van der Waals surface area contributed by atoms with E-state index in [0.717, 1.165) is 24.4 Å². The second-order valence-electron chi connectivity index (χ2n) is 6.33. The van der Waals surface area contributed by atoms with E-state index in [1.165, 1.54) is 22.3 Å². The fourth-order valence-electron chi connectivity index (χ4n) is 2.66. The van der Waals surface area contributed by atoms with Gasteiger partial charge in [-0.2, -0.15) is 0 Å². The highest BCUT2D eigenvalue weighted by Crippen LogP contribution is 2.17. The lowest BCUT2D eigenvalue weighted by molar-refractivity contribution is 0.306. The molecule has 1 N–H and O–H groups in total. The molecule has 3 aromatic carbocycles. The second kappa shape index (κ2) is 8.39. The van der Waals surface area contributed by atoms with Gasteiger partial charge in [-0.15, -0.1) is 0 Å². The summed E-state index contributed by atoms with van der Waals surface area (Å²) in [6.45, 7) is 5.64. The number of ether oxygens (including phenoxy) is 1. The van der Waals surface area contributed by atoms with E-state index in [0.29, 0.717) is 6.61 Å². The molecule has 0 unspecified atom stereocenters. The lowest BCUT2D eigenvalue weighted by Gasteiger charge is -2.10. The highest BCUT2D eigenvalue weighted by Gasteiger charge is 2.00. The number of benzene rings is 3. The van der Waals surface area contributed by atoms with Gasteiger partial charge in [0.2, 0.25) is 0 Å². The van der Waals surface area contributed by atoms with Crippen LogP contribution < -0.4 is 10.1 Å². The first kappa shape index (κ1) is 17.1. The maximum Gasteiger partial charge on any atom is 0.120 e. The first-order valence-electron chi connectivity index (χ1n) is 8.83. The second-order valence-corrected chi connectivity index (χ2v) is 6.33. The van der Waals surface area contributed by atoms with Gasteiger partial charge < -0.3 is 10.1 Å². The Labute approximate surface area is 150 Å². The van der Waals surface area contributed by atoms with Gasteiger partial charge >= 0.3 is 0 Å². The number of anilines is 1. The highest BCUT2D eigenvalue weighted by molar-refractivity contribution is 5.45. The molecular formula is C23H25NO. The third kappa shape index (κ3) is 5.12. The van der Waals surface area contributed by atoms with Crippen LogP contribution in [0.4, 0.5) is 5.69 Å². The van der Waals surface area contributed by atoms with Crippen molar-refractivity contribution < 1.29 is 4.74 Å². The predicted molar refractivity (Wildman–Crippen MR) is 105 cm³/mol. The van der Waals surface area contributed by atoms with E-state index >= 15 is 0 Å². The quantitative estimate of drug-likeness (QED) is 0.595. The van der Waals surface area contributed by atoms with Crippen molar-refractivity contribution in [2.45, 2.75) is 33.4 Å². The van der Waals surface area contributed by atoms with Gasteiger partial charge in [0, 0.05) is 12.2 Å². The van der Waals surface area contributed by atoms with Gasteiger partial charge in [-0.05, 0) is 54.3 Å². The van der Waals surface area contributed by atoms with Crippen LogP contribution in [0, 0.1) is 6.92 Å². The van der Waals surface area contributed by atoms with E-state index in [1.54, 1.807) is 0 Å². The Morgan fingerprint density at radius 3 is 2.24 bits per heavy atom. The average Bonchev–Trinajstić information content (AvgIpc) is 2.67. The predicted octanol–water partition coefficient (Wildman–Crippen LogP) is 5.75. The van der Waals surface area contributed by atoms with Crippen LogP contribution in [0.2, 0.25) is 0 Å². The van der Waals surface area contributed by atoms with Gasteiger partial charge in [0.15, 0.2) is 0 Å². The molecule has 0 aliphatic carbocycles. The number of aryl methyl sites for hydroxylation is 2. The fraction of sp³-hybridized carbons (Fsp3) is 0.217. The molecule has 0 saturated carbocycles. The Bertz CT molecular complexity index is 791. The standard InChI is InChI=1S/C23H25NO/c1-3-19-11-13-22(14-12-19)24-16-21-5-4-6-23(15-21)25-17-20-9-7-18(2)8-10-20/h4-15,24H,3,16-17H2,1-2H3. The summed E-state index contributed by atoms with van der Waals surface area (Å²) < 4.78 is 5.93. The molecular weight excluding hydrogens is 306 g/mol. The third-order valence-electron chi connectivity index (χ3n) is 4.28. The van der Waals surface area contributed by atoms with Crippen molar-refractivity contribution in [3.8, 4) is 5.75 Å². The van der Waals surface area contributed by atoms with E-state index in [2.05, 4.69) is 79.8 Å². The first-order valence-corrected chi connectivity index (χ1v) is 8.83. The first-order chi connectivity index (χ1) is 12.2. The molecule has 0 atom stereocenters. The highest BCUT2D eigenvalue weighted by atomic mass is 16.5. The zero-order chi connectivity index (χ0) is 17.5. The van der Waals surface area contributed by atoms with Crippen LogP contribution in [0.3, 0.4) is 0 Å². The van der Waals surface area contributed by atoms with Gasteiger partial charge in [-0.1, -0.05) is 61.0 Å². The number of nitrogens with one attached hydrogen (secondary N) is 1. The monoisotopic (exact) mass is 331 g/mol. The molecule has 0 aliphatic rings. The molecule has 0 spiro atoms. The minimum Gasteiger partial charge on any atom is -0.489 e. The molecule has 0 amide bonds. The van der Waals surface area contributed by atoms with Crippen molar-refractivity contribution in [2.75, 3.05) is 5.32 Å². The minimum absolute atomic E-state index is 0.593. The van der Waals surface area contributed by atoms with Crippen molar-refractivity contribution in [3.05, 3.63) is 95.1 Å². The third-order valence-corrected chi connectivity index (χ3v) is 4.28. The number of hydrogen-bond donors (Lipinski definition) is 1. The molecule has 0 radical (unpaired) electrons. The minimum atomic E-state index is 0.593. The van der Waals surface area contributed by atoms with Crippen LogP contribution in [0.25, 0.3) is 0 Å². The summed E-state index contributed by atoms with van der Waals surface area (Å²) in [4.78, 5) is 0. The molecule has 0 fully saturated rings. The summed E-state index contributed by atoms with van der Waals surface area (Å²) >= 11 is 0. The number of hydrogen-bond acceptors (Lipinski definition) is 2. The summed E-state index contributed by atoms with van der Waals surface area (Å²) in [5.41, 5.74) is 6.16. The SMILES string of the molecule is CCc1ccc(NCc2cccc(OCc3ccc(C)cc3)c2)cc1. The van der Waals surface area contributed by atoms with Crippen molar-refractivity contribution in [1.29, 1.82) is 0 Å². The molecule has 3 aromatic rings. The Hall–Kier alpha value is -2.74. The maximum atomic E-state index is 5.93. The van der Waals surface area contributed by atoms with E-state index in [4.69, 9.17) is 4.74 Å². The maximum absolute atomic E-state index is 5.93. The zero-order valence-electron chi connectivity index (χ0n) is 15.0. The van der Waals surface area contributed by atoms with Crippen LogP contribution in [-0.2, 0) is 19.6 Å². The van der Waals surface area contributed by atoms with Crippen molar-refractivity contribution in [1.82, 2.24) is 0 Å². The largest absolute Gasteiger partial charge is 0.489 e. The van der Waals surface area contributed by atoms with E-state index in [9.17, 15) is 0 Å². The molecule has 25 heavy (non-hydrogen) atoms. The molecule has 3 rings (SSSR count). The van der Waals surface area contributed by atoms with Gasteiger partial charge in [-0.25, -0.2) is 0 Å². The molecule has 2 nitrogen and oxygen atoms in total. The lowest BCUT2D eigenvalue weighted by Crippen LogP contribution is -2.00. The molecule has 0 bridgehead atoms. The summed E-state index contributed by atoms with van der Waals surface area (Å²) in [5, 5.41) is 3.46. The van der Waals surface area contributed by atoms with Gasteiger partial charge in [0.1, 0.15) is 12.4 Å². The smallest absolute Gasteiger partial charge is 0.120 e. The molecule has 2 heteroatoms. The molecule has 0 aromatic heterocycles. The number of rotatable bonds is 7. The molecule has 0 saturated heterocycles. The summed E-state index contributed by atoms with van der Waals surface area (Å²) in [5.74, 6) is 0.904. The lowest BCUT2D eigenvalue weighted by atomic mass is 10.1. The molecule has 0 aliphatic heterocycles. The topological polar surface area (TPSA) is 21.3 Å².